The Hall–Kier alpha value is -6.69. The second-order valence-electron chi connectivity index (χ2n) is 13.1. The van der Waals surface area contributed by atoms with Gasteiger partial charge in [-0.05, 0) is 52.6 Å². The first-order valence-electron chi connectivity index (χ1n) is 17.4. The summed E-state index contributed by atoms with van der Waals surface area (Å²) in [5.41, 5.74) is 8.46. The summed E-state index contributed by atoms with van der Waals surface area (Å²) in [4.78, 5) is 16.9. The van der Waals surface area contributed by atoms with E-state index in [0.29, 0.717) is 5.82 Å². The van der Waals surface area contributed by atoms with Crippen LogP contribution in [-0.4, -0.2) is 15.0 Å². The van der Waals surface area contributed by atoms with E-state index in [1.807, 2.05) is 36.4 Å². The van der Waals surface area contributed by atoms with Gasteiger partial charge in [0.2, 0.25) is 0 Å². The maximum absolute atomic E-state index is 6.28. The number of rotatable bonds is 4. The molecule has 0 unspecified atom stereocenters. The van der Waals surface area contributed by atoms with E-state index in [9.17, 15) is 0 Å². The van der Waals surface area contributed by atoms with Crippen LogP contribution in [-0.2, 0) is 0 Å². The number of nitrogens with zero attached hydrogens (tertiary/aromatic N) is 3. The fourth-order valence-electron chi connectivity index (χ4n) is 7.70. The first-order chi connectivity index (χ1) is 25.8. The molecule has 0 bridgehead atoms. The number of benzene rings is 7. The topological polar surface area (TPSA) is 51.8 Å². The summed E-state index contributed by atoms with van der Waals surface area (Å²) in [5, 5.41) is 9.22. The molecule has 0 saturated carbocycles. The zero-order valence-corrected chi connectivity index (χ0v) is 28.6. The van der Waals surface area contributed by atoms with E-state index >= 15 is 0 Å². The summed E-state index contributed by atoms with van der Waals surface area (Å²) in [6.45, 7) is 0. The van der Waals surface area contributed by atoms with E-state index in [-0.39, 0.29) is 0 Å². The Morgan fingerprint density at radius 2 is 1.02 bits per heavy atom. The molecule has 0 atom stereocenters. The number of para-hydroxylation sites is 1. The van der Waals surface area contributed by atoms with E-state index in [4.69, 9.17) is 19.4 Å². The maximum Gasteiger partial charge on any atom is 0.161 e. The number of hydrogen-bond donors (Lipinski definition) is 0. The third-order valence-electron chi connectivity index (χ3n) is 10.1. The lowest BCUT2D eigenvalue weighted by Crippen LogP contribution is -1.97. The molecule has 11 rings (SSSR count). The summed E-state index contributed by atoms with van der Waals surface area (Å²) in [5.74, 6) is 0.668. The molecule has 0 aliphatic carbocycles. The average molecular weight is 682 g/mol. The van der Waals surface area contributed by atoms with Crippen molar-refractivity contribution >= 4 is 75.1 Å². The van der Waals surface area contributed by atoms with Crippen LogP contribution in [0.2, 0.25) is 0 Å². The zero-order valence-electron chi connectivity index (χ0n) is 27.7. The highest BCUT2D eigenvalue weighted by Gasteiger charge is 2.19. The SMILES string of the molecule is c1ccc(-c2cc(-c3ccc4c(c3)oc3ccccc34)nc(-c3ccc(-c4nc5sc6ccccc6c5c5ccccc45)c4ccccc34)n2)cc1. The molecule has 4 aromatic heterocycles. The largest absolute Gasteiger partial charge is 0.456 e. The van der Waals surface area contributed by atoms with Crippen LogP contribution in [0.3, 0.4) is 0 Å². The van der Waals surface area contributed by atoms with Crippen molar-refractivity contribution in [2.75, 3.05) is 0 Å². The molecule has 11 aromatic rings. The average Bonchev–Trinajstić information content (AvgIpc) is 3.78. The van der Waals surface area contributed by atoms with E-state index < -0.39 is 0 Å². The predicted octanol–water partition coefficient (Wildman–Crippen LogP) is 13.1. The highest BCUT2D eigenvalue weighted by atomic mass is 32.1. The van der Waals surface area contributed by atoms with Crippen molar-refractivity contribution < 1.29 is 4.42 Å². The van der Waals surface area contributed by atoms with Crippen LogP contribution >= 0.6 is 11.3 Å². The number of pyridine rings is 1. The van der Waals surface area contributed by atoms with E-state index in [2.05, 4.69) is 127 Å². The molecule has 4 nitrogen and oxygen atoms in total. The third kappa shape index (κ3) is 4.50. The highest BCUT2D eigenvalue weighted by Crippen LogP contribution is 2.43. The number of aromatic nitrogens is 3. The normalized spacial score (nSPS) is 11.8. The van der Waals surface area contributed by atoms with Crippen LogP contribution in [0, 0.1) is 0 Å². The van der Waals surface area contributed by atoms with Gasteiger partial charge < -0.3 is 4.42 Å². The Bertz CT molecular complexity index is 3200. The van der Waals surface area contributed by atoms with Gasteiger partial charge in [0.15, 0.2) is 5.82 Å². The van der Waals surface area contributed by atoms with Gasteiger partial charge in [-0.25, -0.2) is 15.0 Å². The van der Waals surface area contributed by atoms with Crippen LogP contribution < -0.4 is 0 Å². The van der Waals surface area contributed by atoms with Gasteiger partial charge in [0.1, 0.15) is 16.0 Å². The third-order valence-corrected chi connectivity index (χ3v) is 11.2. The van der Waals surface area contributed by atoms with Gasteiger partial charge in [0.05, 0.1) is 17.1 Å². The second-order valence-corrected chi connectivity index (χ2v) is 14.2. The summed E-state index contributed by atoms with van der Waals surface area (Å²) in [6.07, 6.45) is 0. The van der Waals surface area contributed by atoms with Crippen LogP contribution in [0.4, 0.5) is 0 Å². The first kappa shape index (κ1) is 29.1. The molecule has 7 aromatic carbocycles. The molecular formula is C47H27N3OS. The lowest BCUT2D eigenvalue weighted by Gasteiger charge is -2.14. The van der Waals surface area contributed by atoms with Crippen molar-refractivity contribution in [2.45, 2.75) is 0 Å². The standard InChI is InChI=1S/C47H27N3OS/c1-2-12-28(13-3-1)39-27-40(29-22-23-33-32-16-8-10-20-41(32)51-42(33)26-29)49-46(48-39)37-25-24-36(30-14-4-5-15-31(30)37)45-35-18-7-6-17-34(35)44-38-19-9-11-21-43(38)52-47(44)50-45/h1-27H. The van der Waals surface area contributed by atoms with Gasteiger partial charge in [0, 0.05) is 53.9 Å². The molecule has 0 aliphatic heterocycles. The van der Waals surface area contributed by atoms with Gasteiger partial charge in [0.25, 0.3) is 0 Å². The zero-order chi connectivity index (χ0) is 34.2. The van der Waals surface area contributed by atoms with Crippen molar-refractivity contribution in [1.82, 2.24) is 15.0 Å². The molecule has 4 heterocycles. The highest BCUT2D eigenvalue weighted by molar-refractivity contribution is 7.25. The Kier molecular flexibility index (Phi) is 6.39. The number of furan rings is 1. The number of fused-ring (bicyclic) bond motifs is 9. The van der Waals surface area contributed by atoms with Crippen LogP contribution in [0.25, 0.3) is 109 Å². The molecule has 0 amide bonds. The van der Waals surface area contributed by atoms with Gasteiger partial charge in [-0.15, -0.1) is 11.3 Å². The Morgan fingerprint density at radius 1 is 0.404 bits per heavy atom. The van der Waals surface area contributed by atoms with Gasteiger partial charge in [-0.2, -0.15) is 0 Å². The van der Waals surface area contributed by atoms with Crippen LogP contribution in [0.1, 0.15) is 0 Å². The Labute approximate surface area is 302 Å². The van der Waals surface area contributed by atoms with Crippen LogP contribution in [0.15, 0.2) is 168 Å². The first-order valence-corrected chi connectivity index (χ1v) is 18.2. The molecule has 0 saturated heterocycles. The smallest absolute Gasteiger partial charge is 0.161 e. The summed E-state index contributed by atoms with van der Waals surface area (Å²) < 4.78 is 7.53. The molecule has 0 fully saturated rings. The predicted molar refractivity (Wildman–Crippen MR) is 217 cm³/mol. The van der Waals surface area contributed by atoms with E-state index in [0.717, 1.165) is 82.3 Å². The summed E-state index contributed by atoms with van der Waals surface area (Å²) >= 11 is 1.75. The van der Waals surface area contributed by atoms with Crippen LogP contribution in [0.5, 0.6) is 0 Å². The van der Waals surface area contributed by atoms with E-state index in [1.165, 1.54) is 20.9 Å². The molecule has 52 heavy (non-hydrogen) atoms. The Morgan fingerprint density at radius 3 is 1.85 bits per heavy atom. The van der Waals surface area contributed by atoms with Gasteiger partial charge in [-0.1, -0.05) is 127 Å². The molecule has 242 valence electrons. The van der Waals surface area contributed by atoms with Crippen molar-refractivity contribution in [2.24, 2.45) is 0 Å². The van der Waals surface area contributed by atoms with Gasteiger partial charge in [-0.3, -0.25) is 0 Å². The summed E-state index contributed by atoms with van der Waals surface area (Å²) in [7, 11) is 0. The monoisotopic (exact) mass is 681 g/mol. The van der Waals surface area contributed by atoms with Crippen molar-refractivity contribution in [3.63, 3.8) is 0 Å². The van der Waals surface area contributed by atoms with Crippen molar-refractivity contribution in [1.29, 1.82) is 0 Å². The minimum Gasteiger partial charge on any atom is -0.456 e. The molecule has 0 N–H and O–H groups in total. The van der Waals surface area contributed by atoms with E-state index in [1.54, 1.807) is 11.3 Å². The Balaban J connectivity index is 1.13. The van der Waals surface area contributed by atoms with Gasteiger partial charge >= 0.3 is 0 Å². The molecular weight excluding hydrogens is 655 g/mol. The molecule has 0 radical (unpaired) electrons. The minimum atomic E-state index is 0.668. The van der Waals surface area contributed by atoms with Crippen molar-refractivity contribution in [3.05, 3.63) is 164 Å². The number of hydrogen-bond acceptors (Lipinski definition) is 5. The lowest BCUT2D eigenvalue weighted by molar-refractivity contribution is 0.669. The molecule has 0 aliphatic rings. The maximum atomic E-state index is 6.28. The lowest BCUT2D eigenvalue weighted by atomic mass is 9.94. The summed E-state index contributed by atoms with van der Waals surface area (Å²) in [6, 6.07) is 57.1. The second kappa shape index (κ2) is 11.4. The minimum absolute atomic E-state index is 0.668. The fraction of sp³-hybridized carbons (Fsp3) is 0. The molecule has 0 spiro atoms. The molecule has 5 heteroatoms. The fourth-order valence-corrected chi connectivity index (χ4v) is 8.80. The van der Waals surface area contributed by atoms with Crippen molar-refractivity contribution in [3.8, 4) is 45.2 Å². The number of thiophene rings is 1. The quantitative estimate of drug-likeness (QED) is 0.185.